The van der Waals surface area contributed by atoms with E-state index in [-0.39, 0.29) is 35.7 Å². The van der Waals surface area contributed by atoms with Gasteiger partial charge in [0.2, 0.25) is 5.91 Å². The van der Waals surface area contributed by atoms with Crippen LogP contribution in [0.2, 0.25) is 0 Å². The Balaban J connectivity index is 1.45. The monoisotopic (exact) mass is 359 g/mol. The summed E-state index contributed by atoms with van der Waals surface area (Å²) in [6.07, 6.45) is 17.6. The van der Waals surface area contributed by atoms with Crippen LogP contribution in [-0.4, -0.2) is 35.5 Å². The van der Waals surface area contributed by atoms with E-state index in [1.165, 1.54) is 25.7 Å². The first kappa shape index (κ1) is 18.1. The molecule has 1 unspecified atom stereocenters. The van der Waals surface area contributed by atoms with Crippen molar-refractivity contribution in [1.29, 1.82) is 0 Å². The Labute approximate surface area is 157 Å². The third kappa shape index (κ3) is 3.70. The summed E-state index contributed by atoms with van der Waals surface area (Å²) in [5.74, 6) is -0.129. The SMILES string of the molecule is O=C(OC1CCCCC1)[C@H]1CC=C[C@H]2CCN(C3CCCCC3)C(=O)C12. The highest BCUT2D eigenvalue weighted by molar-refractivity contribution is 5.87. The van der Waals surface area contributed by atoms with Crippen molar-refractivity contribution in [3.63, 3.8) is 0 Å². The Morgan fingerprint density at radius 2 is 1.65 bits per heavy atom. The van der Waals surface area contributed by atoms with Gasteiger partial charge in [0.1, 0.15) is 6.10 Å². The summed E-state index contributed by atoms with van der Waals surface area (Å²) >= 11 is 0. The minimum absolute atomic E-state index is 0.0775. The zero-order chi connectivity index (χ0) is 17.9. The number of hydrogen-bond donors (Lipinski definition) is 0. The molecular weight excluding hydrogens is 326 g/mol. The number of ether oxygens (including phenoxy) is 1. The quantitative estimate of drug-likeness (QED) is 0.559. The molecular formula is C22H33NO3. The number of piperidine rings is 1. The van der Waals surface area contributed by atoms with Crippen molar-refractivity contribution in [3.05, 3.63) is 12.2 Å². The van der Waals surface area contributed by atoms with Crippen molar-refractivity contribution in [2.24, 2.45) is 17.8 Å². The molecule has 144 valence electrons. The summed E-state index contributed by atoms with van der Waals surface area (Å²) in [5, 5.41) is 0. The van der Waals surface area contributed by atoms with E-state index < -0.39 is 0 Å². The number of hydrogen-bond acceptors (Lipinski definition) is 3. The van der Waals surface area contributed by atoms with Gasteiger partial charge in [-0.2, -0.15) is 0 Å². The molecule has 4 heteroatoms. The second-order valence-electron chi connectivity index (χ2n) is 8.77. The standard InChI is InChI=1S/C22H33NO3/c24-21-20-16(14-15-23(21)17-9-3-1-4-10-17)8-7-13-19(20)22(25)26-18-11-5-2-6-12-18/h7-8,16-20H,1-6,9-15H2/t16-,19-,20?/m0/s1. The van der Waals surface area contributed by atoms with Crippen LogP contribution >= 0.6 is 0 Å². The highest BCUT2D eigenvalue weighted by atomic mass is 16.5. The van der Waals surface area contributed by atoms with Crippen LogP contribution in [0.15, 0.2) is 12.2 Å². The lowest BCUT2D eigenvalue weighted by molar-refractivity contribution is -0.165. The molecule has 3 fully saturated rings. The highest BCUT2D eigenvalue weighted by Gasteiger charge is 2.47. The number of allylic oxidation sites excluding steroid dienone is 2. The van der Waals surface area contributed by atoms with Crippen LogP contribution in [0.5, 0.6) is 0 Å². The van der Waals surface area contributed by atoms with E-state index in [1.807, 2.05) is 0 Å². The van der Waals surface area contributed by atoms with Crippen LogP contribution in [-0.2, 0) is 14.3 Å². The van der Waals surface area contributed by atoms with Crippen LogP contribution in [0, 0.1) is 17.8 Å². The largest absolute Gasteiger partial charge is 0.462 e. The van der Waals surface area contributed by atoms with Crippen molar-refractivity contribution in [3.8, 4) is 0 Å². The van der Waals surface area contributed by atoms with Crippen molar-refractivity contribution < 1.29 is 14.3 Å². The molecule has 4 aliphatic rings. The lowest BCUT2D eigenvalue weighted by atomic mass is 9.71. The summed E-state index contributed by atoms with van der Waals surface area (Å²) in [4.78, 5) is 28.4. The van der Waals surface area contributed by atoms with E-state index >= 15 is 0 Å². The molecule has 1 heterocycles. The van der Waals surface area contributed by atoms with Gasteiger partial charge >= 0.3 is 5.97 Å². The van der Waals surface area contributed by atoms with Crippen molar-refractivity contribution in [2.45, 2.75) is 89.2 Å². The van der Waals surface area contributed by atoms with Crippen LogP contribution in [0.1, 0.15) is 77.0 Å². The molecule has 4 rings (SSSR count). The minimum Gasteiger partial charge on any atom is -0.462 e. The Morgan fingerprint density at radius 3 is 2.38 bits per heavy atom. The Bertz CT molecular complexity index is 546. The lowest BCUT2D eigenvalue weighted by Crippen LogP contribution is -2.54. The summed E-state index contributed by atoms with van der Waals surface area (Å²) in [6.45, 7) is 0.861. The van der Waals surface area contributed by atoms with Crippen LogP contribution in [0.3, 0.4) is 0 Å². The Hall–Kier alpha value is -1.32. The van der Waals surface area contributed by atoms with Gasteiger partial charge in [0.15, 0.2) is 0 Å². The average Bonchev–Trinajstić information content (AvgIpc) is 2.69. The van der Waals surface area contributed by atoms with Crippen molar-refractivity contribution in [2.75, 3.05) is 6.54 Å². The molecule has 4 nitrogen and oxygen atoms in total. The molecule has 3 aliphatic carbocycles. The Morgan fingerprint density at radius 1 is 0.962 bits per heavy atom. The number of carbonyl (C=O) groups excluding carboxylic acids is 2. The molecule has 1 saturated heterocycles. The molecule has 0 bridgehead atoms. The molecule has 0 spiro atoms. The Kier molecular flexibility index (Phi) is 5.66. The van der Waals surface area contributed by atoms with E-state index in [2.05, 4.69) is 17.1 Å². The van der Waals surface area contributed by atoms with Gasteiger partial charge in [-0.1, -0.05) is 37.8 Å². The van der Waals surface area contributed by atoms with Gasteiger partial charge in [0, 0.05) is 12.6 Å². The fraction of sp³-hybridized carbons (Fsp3) is 0.818. The zero-order valence-electron chi connectivity index (χ0n) is 15.9. The normalized spacial score (nSPS) is 33.8. The van der Waals surface area contributed by atoms with E-state index in [0.29, 0.717) is 12.5 Å². The van der Waals surface area contributed by atoms with Gasteiger partial charge in [-0.25, -0.2) is 0 Å². The molecule has 0 aromatic rings. The molecule has 0 N–H and O–H groups in total. The smallest absolute Gasteiger partial charge is 0.310 e. The second-order valence-corrected chi connectivity index (χ2v) is 8.77. The highest BCUT2D eigenvalue weighted by Crippen LogP contribution is 2.40. The maximum Gasteiger partial charge on any atom is 0.310 e. The number of rotatable bonds is 3. The number of likely N-dealkylation sites (tertiary alicyclic amines) is 1. The third-order valence-electron chi connectivity index (χ3n) is 7.09. The summed E-state index contributed by atoms with van der Waals surface area (Å²) in [7, 11) is 0. The molecule has 3 atom stereocenters. The summed E-state index contributed by atoms with van der Waals surface area (Å²) in [5.41, 5.74) is 0. The van der Waals surface area contributed by atoms with Gasteiger partial charge in [0.05, 0.1) is 11.8 Å². The van der Waals surface area contributed by atoms with Crippen LogP contribution in [0.25, 0.3) is 0 Å². The predicted molar refractivity (Wildman–Crippen MR) is 100 cm³/mol. The van der Waals surface area contributed by atoms with Gasteiger partial charge in [0.25, 0.3) is 0 Å². The first-order chi connectivity index (χ1) is 12.7. The predicted octanol–water partition coefficient (Wildman–Crippen LogP) is 4.24. The van der Waals surface area contributed by atoms with Gasteiger partial charge in [-0.15, -0.1) is 0 Å². The number of esters is 1. The number of carbonyl (C=O) groups is 2. The van der Waals surface area contributed by atoms with Gasteiger partial charge in [-0.05, 0) is 57.3 Å². The second kappa shape index (κ2) is 8.14. The first-order valence-electron chi connectivity index (χ1n) is 10.9. The number of amides is 1. The summed E-state index contributed by atoms with van der Waals surface area (Å²) in [6, 6.07) is 0.401. The number of fused-ring (bicyclic) bond motifs is 1. The molecule has 26 heavy (non-hydrogen) atoms. The minimum atomic E-state index is -0.272. The van der Waals surface area contributed by atoms with E-state index in [0.717, 1.165) is 51.5 Å². The average molecular weight is 360 g/mol. The maximum absolute atomic E-state index is 13.4. The fourth-order valence-electron chi connectivity index (χ4n) is 5.62. The van der Waals surface area contributed by atoms with E-state index in [1.54, 1.807) is 0 Å². The third-order valence-corrected chi connectivity index (χ3v) is 7.09. The fourth-order valence-corrected chi connectivity index (χ4v) is 5.62. The zero-order valence-corrected chi connectivity index (χ0v) is 15.9. The summed E-state index contributed by atoms with van der Waals surface area (Å²) < 4.78 is 5.87. The molecule has 0 aromatic heterocycles. The van der Waals surface area contributed by atoms with Crippen molar-refractivity contribution in [1.82, 2.24) is 4.90 Å². The molecule has 0 radical (unpaired) electrons. The lowest BCUT2D eigenvalue weighted by Gasteiger charge is -2.45. The molecule has 2 saturated carbocycles. The number of nitrogens with zero attached hydrogens (tertiary/aromatic N) is 1. The molecule has 1 aliphatic heterocycles. The van der Waals surface area contributed by atoms with Crippen LogP contribution in [0.4, 0.5) is 0 Å². The first-order valence-corrected chi connectivity index (χ1v) is 10.9. The topological polar surface area (TPSA) is 46.6 Å². The molecule has 1 amide bonds. The van der Waals surface area contributed by atoms with E-state index in [9.17, 15) is 9.59 Å². The van der Waals surface area contributed by atoms with Crippen molar-refractivity contribution >= 4 is 11.9 Å². The van der Waals surface area contributed by atoms with E-state index in [4.69, 9.17) is 4.74 Å². The molecule has 0 aromatic carbocycles. The maximum atomic E-state index is 13.4. The van der Waals surface area contributed by atoms with Gasteiger partial charge in [-0.3, -0.25) is 9.59 Å². The van der Waals surface area contributed by atoms with Gasteiger partial charge < -0.3 is 9.64 Å². The van der Waals surface area contributed by atoms with Crippen LogP contribution < -0.4 is 0 Å².